The maximum Gasteiger partial charge on any atom is 0.255 e. The number of nitrogens with zero attached hydrogens (tertiary/aromatic N) is 2. The third kappa shape index (κ3) is 5.45. The van der Waals surface area contributed by atoms with Gasteiger partial charge >= 0.3 is 0 Å². The summed E-state index contributed by atoms with van der Waals surface area (Å²) in [6.45, 7) is -1.46. The van der Waals surface area contributed by atoms with E-state index in [1.54, 1.807) is 0 Å². The predicted octanol–water partition coefficient (Wildman–Crippen LogP) is 0.515. The lowest BCUT2D eigenvalue weighted by Crippen LogP contribution is -2.37. The number of amides is 1. The van der Waals surface area contributed by atoms with Crippen molar-refractivity contribution in [1.29, 1.82) is 0 Å². The molecule has 0 radical (unpaired) electrons. The number of alkyl halides is 2. The number of hydrogen-bond donors (Lipinski definition) is 2. The Balaban J connectivity index is 3.02. The van der Waals surface area contributed by atoms with Gasteiger partial charge in [0.2, 0.25) is 0 Å². The number of hydrogen-bond acceptors (Lipinski definition) is 4. The van der Waals surface area contributed by atoms with E-state index in [9.17, 15) is 13.6 Å². The number of carbonyl (C=O) groups is 1. The Morgan fingerprint density at radius 2 is 2.14 bits per heavy atom. The summed E-state index contributed by atoms with van der Waals surface area (Å²) >= 11 is 0. The predicted molar refractivity (Wildman–Crippen MR) is 71.8 cm³/mol. The van der Waals surface area contributed by atoms with Gasteiger partial charge in [-0.1, -0.05) is 11.8 Å². The van der Waals surface area contributed by atoms with E-state index in [0.29, 0.717) is 5.56 Å². The molecule has 1 heterocycles. The topological polar surface area (TPSA) is 73.7 Å². The Morgan fingerprint density at radius 3 is 2.76 bits per heavy atom. The Hall–Kier alpha value is -2.04. The van der Waals surface area contributed by atoms with E-state index in [4.69, 9.17) is 10.2 Å². The molecule has 0 unspecified atom stereocenters. The van der Waals surface area contributed by atoms with Crippen LogP contribution in [0.3, 0.4) is 0 Å². The van der Waals surface area contributed by atoms with Crippen molar-refractivity contribution in [2.75, 3.05) is 26.3 Å². The fourth-order valence-corrected chi connectivity index (χ4v) is 1.63. The van der Waals surface area contributed by atoms with E-state index in [1.807, 2.05) is 0 Å². The van der Waals surface area contributed by atoms with Crippen molar-refractivity contribution in [1.82, 2.24) is 9.88 Å². The minimum atomic E-state index is -2.69. The first-order valence-electron chi connectivity index (χ1n) is 6.32. The van der Waals surface area contributed by atoms with Gasteiger partial charge in [-0.2, -0.15) is 0 Å². The van der Waals surface area contributed by atoms with Crippen molar-refractivity contribution in [3.05, 3.63) is 29.6 Å². The average molecular weight is 298 g/mol. The molecule has 114 valence electrons. The second-order valence-electron chi connectivity index (χ2n) is 4.06. The highest BCUT2D eigenvalue weighted by Crippen LogP contribution is 2.11. The summed E-state index contributed by atoms with van der Waals surface area (Å²) in [5, 5.41) is 17.6. The molecule has 0 spiro atoms. The van der Waals surface area contributed by atoms with Crippen molar-refractivity contribution < 1.29 is 23.8 Å². The van der Waals surface area contributed by atoms with Crippen LogP contribution in [0, 0.1) is 11.8 Å². The zero-order valence-electron chi connectivity index (χ0n) is 11.3. The average Bonchev–Trinajstić information content (AvgIpc) is 2.46. The molecule has 0 aliphatic rings. The molecule has 0 aliphatic heterocycles. The molecule has 5 nitrogen and oxygen atoms in total. The summed E-state index contributed by atoms with van der Waals surface area (Å²) in [6, 6.07) is 1.39. The van der Waals surface area contributed by atoms with Crippen LogP contribution < -0.4 is 0 Å². The summed E-state index contributed by atoms with van der Waals surface area (Å²) < 4.78 is 25.0. The fraction of sp³-hybridized carbons (Fsp3) is 0.429. The van der Waals surface area contributed by atoms with Gasteiger partial charge in [0.05, 0.1) is 30.9 Å². The first kappa shape index (κ1) is 17.0. The van der Waals surface area contributed by atoms with Gasteiger partial charge in [-0.3, -0.25) is 9.78 Å². The van der Waals surface area contributed by atoms with E-state index in [2.05, 4.69) is 16.8 Å². The van der Waals surface area contributed by atoms with Crippen molar-refractivity contribution in [3.63, 3.8) is 0 Å². The Morgan fingerprint density at radius 1 is 1.38 bits per heavy atom. The lowest BCUT2D eigenvalue weighted by molar-refractivity contribution is 0.0509. The highest BCUT2D eigenvalue weighted by Gasteiger charge is 2.21. The Labute approximate surface area is 121 Å². The highest BCUT2D eigenvalue weighted by atomic mass is 19.3. The lowest BCUT2D eigenvalue weighted by Gasteiger charge is -2.21. The second-order valence-corrected chi connectivity index (χ2v) is 4.06. The van der Waals surface area contributed by atoms with Crippen molar-refractivity contribution in [3.8, 4) is 11.8 Å². The maximum atomic E-state index is 12.5. The van der Waals surface area contributed by atoms with E-state index < -0.39 is 25.5 Å². The van der Waals surface area contributed by atoms with Gasteiger partial charge in [0.1, 0.15) is 0 Å². The van der Waals surface area contributed by atoms with Crippen LogP contribution in [0.4, 0.5) is 8.78 Å². The molecule has 7 heteroatoms. The number of aliphatic hydroxyl groups is 2. The number of carbonyl (C=O) groups excluding carboxylic acids is 1. The molecule has 0 aliphatic carbocycles. The Kier molecular flexibility index (Phi) is 7.29. The van der Waals surface area contributed by atoms with Gasteiger partial charge in [0.25, 0.3) is 12.3 Å². The molecular weight excluding hydrogens is 282 g/mol. The minimum absolute atomic E-state index is 0.113. The molecule has 21 heavy (non-hydrogen) atoms. The summed E-state index contributed by atoms with van der Waals surface area (Å²) in [7, 11) is 0. The van der Waals surface area contributed by atoms with E-state index in [-0.39, 0.29) is 25.1 Å². The van der Waals surface area contributed by atoms with Gasteiger partial charge in [-0.25, -0.2) is 8.78 Å². The van der Waals surface area contributed by atoms with E-state index in [1.165, 1.54) is 18.5 Å². The van der Waals surface area contributed by atoms with Crippen LogP contribution in [-0.2, 0) is 0 Å². The van der Waals surface area contributed by atoms with Gasteiger partial charge in [0, 0.05) is 25.4 Å². The van der Waals surface area contributed by atoms with Crippen LogP contribution in [0.2, 0.25) is 0 Å². The molecule has 1 rings (SSSR count). The molecule has 1 aromatic heterocycles. The van der Waals surface area contributed by atoms with Crippen LogP contribution in [0.25, 0.3) is 0 Å². The van der Waals surface area contributed by atoms with Gasteiger partial charge in [0.15, 0.2) is 0 Å². The second kappa shape index (κ2) is 9.00. The minimum Gasteiger partial charge on any atom is -0.395 e. The number of rotatable bonds is 6. The van der Waals surface area contributed by atoms with E-state index >= 15 is 0 Å². The molecule has 2 N–H and O–H groups in total. The van der Waals surface area contributed by atoms with Crippen molar-refractivity contribution in [2.45, 2.75) is 12.8 Å². The van der Waals surface area contributed by atoms with Crippen LogP contribution >= 0.6 is 0 Å². The molecule has 0 fully saturated rings. The van der Waals surface area contributed by atoms with Crippen LogP contribution in [0.5, 0.6) is 0 Å². The van der Waals surface area contributed by atoms with Crippen molar-refractivity contribution in [2.24, 2.45) is 0 Å². The fourth-order valence-electron chi connectivity index (χ4n) is 1.63. The monoisotopic (exact) mass is 298 g/mol. The standard InChI is InChI=1S/C14H16F2N2O3/c15-13(16)10-18(6-8-20)14(21)12-4-5-17-9-11(12)3-1-2-7-19/h4-5,9,13,19-20H,2,6-8,10H2. The van der Waals surface area contributed by atoms with Gasteiger partial charge in [-0.15, -0.1) is 0 Å². The summed E-state index contributed by atoms with van der Waals surface area (Å²) in [4.78, 5) is 17.0. The quantitative estimate of drug-likeness (QED) is 0.751. The lowest BCUT2D eigenvalue weighted by atomic mass is 10.1. The molecule has 0 bridgehead atoms. The molecular formula is C14H16F2N2O3. The smallest absolute Gasteiger partial charge is 0.255 e. The molecule has 0 aromatic carbocycles. The molecule has 0 atom stereocenters. The van der Waals surface area contributed by atoms with Crippen LogP contribution in [0.1, 0.15) is 22.3 Å². The maximum absolute atomic E-state index is 12.5. The zero-order valence-corrected chi connectivity index (χ0v) is 11.3. The Bertz CT molecular complexity index is 526. The number of pyridine rings is 1. The third-order valence-corrected chi connectivity index (χ3v) is 2.53. The largest absolute Gasteiger partial charge is 0.395 e. The van der Waals surface area contributed by atoms with Crippen molar-refractivity contribution >= 4 is 5.91 Å². The SMILES string of the molecule is O=C(c1ccncc1C#CCCO)N(CCO)CC(F)F. The summed E-state index contributed by atoms with van der Waals surface area (Å²) in [6.07, 6.45) is 0.271. The number of aliphatic hydroxyl groups excluding tert-OH is 2. The van der Waals surface area contributed by atoms with Gasteiger partial charge in [-0.05, 0) is 6.07 Å². The third-order valence-electron chi connectivity index (χ3n) is 2.53. The molecule has 0 saturated carbocycles. The number of aromatic nitrogens is 1. The normalized spacial score (nSPS) is 10.1. The van der Waals surface area contributed by atoms with E-state index in [0.717, 1.165) is 4.90 Å². The van der Waals surface area contributed by atoms with Gasteiger partial charge < -0.3 is 15.1 Å². The van der Waals surface area contributed by atoms with Crippen LogP contribution in [0.15, 0.2) is 18.5 Å². The number of halogens is 2. The first-order valence-corrected chi connectivity index (χ1v) is 6.32. The first-order chi connectivity index (χ1) is 10.1. The molecule has 1 amide bonds. The summed E-state index contributed by atoms with van der Waals surface area (Å²) in [5.74, 6) is 4.69. The molecule has 1 aromatic rings. The van der Waals surface area contributed by atoms with Crippen LogP contribution in [-0.4, -0.2) is 58.7 Å². The molecule has 0 saturated heterocycles. The highest BCUT2D eigenvalue weighted by molar-refractivity contribution is 5.96. The summed E-state index contributed by atoms with van der Waals surface area (Å²) in [5.41, 5.74) is 0.442. The zero-order chi connectivity index (χ0) is 15.7.